The number of rotatable bonds is 4. The molecule has 3 N–H and O–H groups in total. The summed E-state index contributed by atoms with van der Waals surface area (Å²) in [6.07, 6.45) is 1.16. The molecule has 0 saturated carbocycles. The summed E-state index contributed by atoms with van der Waals surface area (Å²) in [5.41, 5.74) is 7.03. The van der Waals surface area contributed by atoms with Crippen LogP contribution in [0.5, 0.6) is 0 Å². The van der Waals surface area contributed by atoms with Gasteiger partial charge in [-0.05, 0) is 43.9 Å². The third kappa shape index (κ3) is 3.82. The monoisotopic (exact) mass is 348 g/mol. The van der Waals surface area contributed by atoms with Crippen molar-refractivity contribution in [3.05, 3.63) is 35.6 Å². The maximum absolute atomic E-state index is 13.2. The van der Waals surface area contributed by atoms with Crippen LogP contribution in [0.4, 0.5) is 4.39 Å². The van der Waals surface area contributed by atoms with Crippen LogP contribution in [0.1, 0.15) is 38.3 Å². The van der Waals surface area contributed by atoms with E-state index in [1.165, 1.54) is 12.1 Å². The molecule has 2 amide bonds. The van der Waals surface area contributed by atoms with E-state index in [0.29, 0.717) is 43.1 Å². The molecule has 2 saturated heterocycles. The first kappa shape index (κ1) is 17.8. The Kier molecular flexibility index (Phi) is 5.34. The van der Waals surface area contributed by atoms with E-state index in [-0.39, 0.29) is 17.6 Å². The average molecular weight is 348 g/mol. The van der Waals surface area contributed by atoms with Gasteiger partial charge in [0.1, 0.15) is 11.9 Å². The van der Waals surface area contributed by atoms with Crippen molar-refractivity contribution >= 4 is 11.8 Å². The second-order valence-electron chi connectivity index (χ2n) is 6.90. The fourth-order valence-electron chi connectivity index (χ4n) is 3.76. The summed E-state index contributed by atoms with van der Waals surface area (Å²) < 4.78 is 13.2. The Morgan fingerprint density at radius 3 is 2.48 bits per heavy atom. The number of piperazine rings is 1. The molecule has 3 atom stereocenters. The quantitative estimate of drug-likeness (QED) is 0.762. The number of carbonyl (C=O) groups is 2. The van der Waals surface area contributed by atoms with Crippen molar-refractivity contribution in [3.8, 4) is 0 Å². The first-order chi connectivity index (χ1) is 12.0. The number of halogens is 1. The van der Waals surface area contributed by atoms with Crippen molar-refractivity contribution in [2.75, 3.05) is 13.1 Å². The van der Waals surface area contributed by atoms with E-state index in [0.717, 1.165) is 6.42 Å². The van der Waals surface area contributed by atoms with Crippen LogP contribution in [0, 0.1) is 11.7 Å². The molecule has 2 fully saturated rings. The molecule has 1 aromatic rings. The van der Waals surface area contributed by atoms with Crippen LogP contribution in [0.25, 0.3) is 0 Å². The number of amides is 2. The maximum atomic E-state index is 13.2. The van der Waals surface area contributed by atoms with Crippen LogP contribution in [-0.2, 0) is 9.59 Å². The van der Waals surface area contributed by atoms with Crippen LogP contribution in [0.2, 0.25) is 0 Å². The van der Waals surface area contributed by atoms with Crippen molar-refractivity contribution in [3.63, 3.8) is 0 Å². The highest BCUT2D eigenvalue weighted by Crippen LogP contribution is 2.26. The average Bonchev–Trinajstić information content (AvgIpc) is 2.92. The molecule has 6 nitrogen and oxygen atoms in total. The SMILES string of the molecule is CC1NNC(C)C1CCC(=O)N1CCNC(=O)C1c1ccc(F)cc1. The highest BCUT2D eigenvalue weighted by atomic mass is 19.1. The van der Waals surface area contributed by atoms with E-state index in [1.807, 2.05) is 0 Å². The lowest BCUT2D eigenvalue weighted by atomic mass is 9.91. The lowest BCUT2D eigenvalue weighted by Crippen LogP contribution is -2.52. The standard InChI is InChI=1S/C18H25FN4O2/c1-11-15(12(2)22-21-11)7-8-16(24)23-10-9-20-18(25)17(23)13-3-5-14(19)6-4-13/h3-6,11-12,15,17,21-22H,7-10H2,1-2H3,(H,20,25). The van der Waals surface area contributed by atoms with E-state index in [9.17, 15) is 14.0 Å². The minimum absolute atomic E-state index is 0.0320. The molecule has 2 aliphatic heterocycles. The van der Waals surface area contributed by atoms with Gasteiger partial charge in [-0.2, -0.15) is 0 Å². The molecule has 0 spiro atoms. The molecule has 3 rings (SSSR count). The first-order valence-electron chi connectivity index (χ1n) is 8.81. The number of hydrazine groups is 1. The molecule has 136 valence electrons. The van der Waals surface area contributed by atoms with Gasteiger partial charge >= 0.3 is 0 Å². The van der Waals surface area contributed by atoms with Gasteiger partial charge in [-0.3, -0.25) is 20.4 Å². The Morgan fingerprint density at radius 2 is 1.84 bits per heavy atom. The van der Waals surface area contributed by atoms with Gasteiger partial charge in [-0.1, -0.05) is 12.1 Å². The van der Waals surface area contributed by atoms with Gasteiger partial charge in [0.25, 0.3) is 0 Å². The van der Waals surface area contributed by atoms with Crippen molar-refractivity contribution in [1.82, 2.24) is 21.1 Å². The summed E-state index contributed by atoms with van der Waals surface area (Å²) in [5, 5.41) is 2.79. The highest BCUT2D eigenvalue weighted by molar-refractivity contribution is 5.89. The molecular formula is C18H25FN4O2. The number of benzene rings is 1. The Balaban J connectivity index is 1.70. The number of hydrogen-bond donors (Lipinski definition) is 3. The smallest absolute Gasteiger partial charge is 0.247 e. The zero-order valence-electron chi connectivity index (χ0n) is 14.6. The van der Waals surface area contributed by atoms with E-state index < -0.39 is 6.04 Å². The zero-order chi connectivity index (χ0) is 18.0. The molecule has 2 heterocycles. The molecule has 1 aromatic carbocycles. The van der Waals surface area contributed by atoms with Crippen LogP contribution < -0.4 is 16.2 Å². The molecule has 3 unspecified atom stereocenters. The van der Waals surface area contributed by atoms with Gasteiger partial charge < -0.3 is 10.2 Å². The van der Waals surface area contributed by atoms with Gasteiger partial charge in [0.15, 0.2) is 0 Å². The lowest BCUT2D eigenvalue weighted by molar-refractivity contribution is -0.143. The van der Waals surface area contributed by atoms with Crippen molar-refractivity contribution in [1.29, 1.82) is 0 Å². The van der Waals surface area contributed by atoms with Crippen LogP contribution >= 0.6 is 0 Å². The van der Waals surface area contributed by atoms with Gasteiger partial charge in [0, 0.05) is 31.6 Å². The molecule has 2 aliphatic rings. The van der Waals surface area contributed by atoms with Crippen molar-refractivity contribution in [2.45, 2.75) is 44.8 Å². The lowest BCUT2D eigenvalue weighted by Gasteiger charge is -2.35. The Morgan fingerprint density at radius 1 is 1.20 bits per heavy atom. The van der Waals surface area contributed by atoms with E-state index in [1.54, 1.807) is 17.0 Å². The molecule has 0 aliphatic carbocycles. The van der Waals surface area contributed by atoms with Crippen molar-refractivity contribution in [2.24, 2.45) is 5.92 Å². The minimum Gasteiger partial charge on any atom is -0.352 e. The maximum Gasteiger partial charge on any atom is 0.247 e. The summed E-state index contributed by atoms with van der Waals surface area (Å²) in [5.74, 6) is -0.235. The van der Waals surface area contributed by atoms with Gasteiger partial charge in [-0.15, -0.1) is 0 Å². The summed E-state index contributed by atoms with van der Waals surface area (Å²) in [6.45, 7) is 5.11. The summed E-state index contributed by atoms with van der Waals surface area (Å²) in [7, 11) is 0. The number of carbonyl (C=O) groups excluding carboxylic acids is 2. The predicted octanol–water partition coefficient (Wildman–Crippen LogP) is 1.11. The topological polar surface area (TPSA) is 73.5 Å². The normalized spacial score (nSPS) is 29.6. The Bertz CT molecular complexity index is 626. The van der Waals surface area contributed by atoms with Crippen LogP contribution in [0.3, 0.4) is 0 Å². The largest absolute Gasteiger partial charge is 0.352 e. The second kappa shape index (κ2) is 7.49. The van der Waals surface area contributed by atoms with Crippen LogP contribution in [-0.4, -0.2) is 41.9 Å². The molecule has 0 bridgehead atoms. The summed E-state index contributed by atoms with van der Waals surface area (Å²) in [6, 6.07) is 5.70. The number of nitrogens with one attached hydrogen (secondary N) is 3. The third-order valence-electron chi connectivity index (χ3n) is 5.23. The zero-order valence-corrected chi connectivity index (χ0v) is 14.6. The summed E-state index contributed by atoms with van der Waals surface area (Å²) >= 11 is 0. The van der Waals surface area contributed by atoms with Gasteiger partial charge in [0.2, 0.25) is 11.8 Å². The second-order valence-corrected chi connectivity index (χ2v) is 6.90. The molecule has 7 heteroatoms. The molecule has 0 aromatic heterocycles. The van der Waals surface area contributed by atoms with Gasteiger partial charge in [-0.25, -0.2) is 4.39 Å². The Labute approximate surface area is 147 Å². The minimum atomic E-state index is -0.684. The van der Waals surface area contributed by atoms with E-state index in [4.69, 9.17) is 0 Å². The molecule has 0 radical (unpaired) electrons. The summed E-state index contributed by atoms with van der Waals surface area (Å²) in [4.78, 5) is 26.8. The van der Waals surface area contributed by atoms with E-state index >= 15 is 0 Å². The number of hydrogen-bond acceptors (Lipinski definition) is 4. The molecule has 25 heavy (non-hydrogen) atoms. The molecular weight excluding hydrogens is 323 g/mol. The van der Waals surface area contributed by atoms with E-state index in [2.05, 4.69) is 30.0 Å². The predicted molar refractivity (Wildman–Crippen MR) is 91.8 cm³/mol. The van der Waals surface area contributed by atoms with Gasteiger partial charge in [0.05, 0.1) is 0 Å². The number of nitrogens with zero attached hydrogens (tertiary/aromatic N) is 1. The fourth-order valence-corrected chi connectivity index (χ4v) is 3.76. The fraction of sp³-hybridized carbons (Fsp3) is 0.556. The Hall–Kier alpha value is -1.99. The first-order valence-corrected chi connectivity index (χ1v) is 8.81. The van der Waals surface area contributed by atoms with Crippen molar-refractivity contribution < 1.29 is 14.0 Å². The highest BCUT2D eigenvalue weighted by Gasteiger charge is 2.35. The third-order valence-corrected chi connectivity index (χ3v) is 5.23. The van der Waals surface area contributed by atoms with Crippen LogP contribution in [0.15, 0.2) is 24.3 Å².